The molecule has 0 saturated heterocycles. The molecule has 0 heterocycles. The third-order valence-electron chi connectivity index (χ3n) is 8.52. The second kappa shape index (κ2) is 23.2. The van der Waals surface area contributed by atoms with Crippen LogP contribution in [0.3, 0.4) is 0 Å². The molecule has 0 amide bonds. The number of unbranched alkanes of at least 4 members (excludes halogenated alkanes) is 14. The average Bonchev–Trinajstić information content (AvgIpc) is 2.87. The fourth-order valence-electron chi connectivity index (χ4n) is 6.45. The molecule has 1 rings (SSSR count). The van der Waals surface area contributed by atoms with E-state index < -0.39 is 0 Å². The SMILES string of the molecule is CCCCCC1(CCCCCCCCCN=C=O)CCCCC1CCCCCCCCCN=C=O. The van der Waals surface area contributed by atoms with Crippen molar-refractivity contribution in [1.29, 1.82) is 0 Å². The molecule has 4 nitrogen and oxygen atoms in total. The Morgan fingerprint density at radius 2 is 1.11 bits per heavy atom. The fraction of sp³-hybridized carbons (Fsp3) is 0.935. The Morgan fingerprint density at radius 3 is 1.66 bits per heavy atom. The van der Waals surface area contributed by atoms with Gasteiger partial charge in [-0.15, -0.1) is 0 Å². The summed E-state index contributed by atoms with van der Waals surface area (Å²) in [7, 11) is 0. The number of aliphatic imine (C=N–C) groups is 2. The molecular weight excluding hydrogens is 432 g/mol. The minimum Gasteiger partial charge on any atom is -0.211 e. The first-order chi connectivity index (χ1) is 17.3. The third kappa shape index (κ3) is 16.2. The maximum Gasteiger partial charge on any atom is 0.234 e. The lowest BCUT2D eigenvalue weighted by Crippen LogP contribution is -2.34. The topological polar surface area (TPSA) is 58.9 Å². The van der Waals surface area contributed by atoms with E-state index in [0.717, 1.165) is 18.8 Å². The van der Waals surface area contributed by atoms with E-state index >= 15 is 0 Å². The Morgan fingerprint density at radius 1 is 0.629 bits per heavy atom. The van der Waals surface area contributed by atoms with Crippen LogP contribution in [0.2, 0.25) is 0 Å². The number of isocyanates is 2. The summed E-state index contributed by atoms with van der Waals surface area (Å²) in [6.45, 7) is 3.65. The number of hydrogen-bond donors (Lipinski definition) is 0. The molecule has 35 heavy (non-hydrogen) atoms. The van der Waals surface area contributed by atoms with E-state index in [0.29, 0.717) is 18.5 Å². The van der Waals surface area contributed by atoms with Gasteiger partial charge in [0, 0.05) is 0 Å². The summed E-state index contributed by atoms with van der Waals surface area (Å²) < 4.78 is 0. The number of rotatable bonds is 24. The molecule has 1 fully saturated rings. The Bertz CT molecular complexity index is 581. The number of hydrogen-bond acceptors (Lipinski definition) is 4. The van der Waals surface area contributed by atoms with Crippen LogP contribution in [0.15, 0.2) is 9.98 Å². The molecule has 0 aromatic heterocycles. The molecule has 1 aliphatic rings. The molecule has 4 heteroatoms. The number of carbonyl (C=O) groups excluding carboxylic acids is 2. The standard InChI is InChI=1S/C31H56N2O2/c1-2-3-16-23-31(24-17-11-7-5-9-13-20-27-33-29-35)25-18-15-22-30(31)21-14-10-6-4-8-12-19-26-32-28-34/h30H,2-27H2,1H3. The van der Waals surface area contributed by atoms with E-state index in [1.54, 1.807) is 12.2 Å². The summed E-state index contributed by atoms with van der Waals surface area (Å²) in [5.41, 5.74) is 0.638. The highest BCUT2D eigenvalue weighted by atomic mass is 16.1. The molecule has 1 saturated carbocycles. The van der Waals surface area contributed by atoms with Crippen molar-refractivity contribution in [2.24, 2.45) is 21.3 Å². The highest BCUT2D eigenvalue weighted by Gasteiger charge is 2.38. The second-order valence-corrected chi connectivity index (χ2v) is 11.2. The maximum absolute atomic E-state index is 10.1. The van der Waals surface area contributed by atoms with Gasteiger partial charge >= 0.3 is 0 Å². The van der Waals surface area contributed by atoms with Crippen molar-refractivity contribution in [2.75, 3.05) is 13.1 Å². The molecule has 1 aliphatic carbocycles. The Balaban J connectivity index is 2.33. The van der Waals surface area contributed by atoms with Gasteiger partial charge in [0.15, 0.2) is 0 Å². The summed E-state index contributed by atoms with van der Waals surface area (Å²) in [6, 6.07) is 0. The van der Waals surface area contributed by atoms with Gasteiger partial charge in [0.2, 0.25) is 12.2 Å². The molecular formula is C31H56N2O2. The first-order valence-electron chi connectivity index (χ1n) is 15.4. The molecule has 0 radical (unpaired) electrons. The summed E-state index contributed by atoms with van der Waals surface area (Å²) in [6.07, 6.45) is 35.8. The van der Waals surface area contributed by atoms with Crippen LogP contribution in [0.4, 0.5) is 0 Å². The first-order valence-corrected chi connectivity index (χ1v) is 15.4. The van der Waals surface area contributed by atoms with Crippen molar-refractivity contribution in [3.63, 3.8) is 0 Å². The minimum absolute atomic E-state index is 0.638. The van der Waals surface area contributed by atoms with E-state index in [1.165, 1.54) is 141 Å². The lowest BCUT2D eigenvalue weighted by molar-refractivity contribution is 0.0567. The van der Waals surface area contributed by atoms with Gasteiger partial charge in [0.25, 0.3) is 0 Å². The van der Waals surface area contributed by atoms with Crippen molar-refractivity contribution in [1.82, 2.24) is 0 Å². The fourth-order valence-corrected chi connectivity index (χ4v) is 6.45. The first kappa shape index (κ1) is 31.8. The molecule has 2 unspecified atom stereocenters. The van der Waals surface area contributed by atoms with Crippen molar-refractivity contribution in [3.8, 4) is 0 Å². The Kier molecular flexibility index (Phi) is 21.1. The van der Waals surface area contributed by atoms with Gasteiger partial charge in [-0.3, -0.25) is 0 Å². The van der Waals surface area contributed by atoms with Gasteiger partial charge in [-0.1, -0.05) is 116 Å². The molecule has 2 atom stereocenters. The monoisotopic (exact) mass is 488 g/mol. The molecule has 0 aromatic rings. The lowest BCUT2D eigenvalue weighted by Gasteiger charge is -2.45. The molecule has 0 aromatic carbocycles. The average molecular weight is 489 g/mol. The van der Waals surface area contributed by atoms with Crippen molar-refractivity contribution < 1.29 is 9.59 Å². The van der Waals surface area contributed by atoms with Crippen LogP contribution in [0.1, 0.15) is 161 Å². The van der Waals surface area contributed by atoms with Gasteiger partial charge in [-0.2, -0.15) is 0 Å². The van der Waals surface area contributed by atoms with E-state index in [-0.39, 0.29) is 0 Å². The van der Waals surface area contributed by atoms with E-state index in [4.69, 9.17) is 0 Å². The van der Waals surface area contributed by atoms with Crippen molar-refractivity contribution >= 4 is 12.2 Å². The van der Waals surface area contributed by atoms with Crippen LogP contribution in [-0.4, -0.2) is 25.2 Å². The summed E-state index contributed by atoms with van der Waals surface area (Å²) in [4.78, 5) is 27.5. The van der Waals surface area contributed by atoms with Crippen molar-refractivity contribution in [2.45, 2.75) is 161 Å². The van der Waals surface area contributed by atoms with Crippen LogP contribution in [0.25, 0.3) is 0 Å². The predicted octanol–water partition coefficient (Wildman–Crippen LogP) is 9.66. The highest BCUT2D eigenvalue weighted by molar-refractivity contribution is 5.32. The minimum atomic E-state index is 0.638. The molecule has 0 N–H and O–H groups in total. The van der Waals surface area contributed by atoms with Crippen LogP contribution in [0, 0.1) is 11.3 Å². The van der Waals surface area contributed by atoms with Gasteiger partial charge in [-0.05, 0) is 56.3 Å². The summed E-state index contributed by atoms with van der Waals surface area (Å²) >= 11 is 0. The predicted molar refractivity (Wildman–Crippen MR) is 148 cm³/mol. The zero-order chi connectivity index (χ0) is 25.3. The Labute approximate surface area is 217 Å². The van der Waals surface area contributed by atoms with Crippen LogP contribution in [-0.2, 0) is 9.59 Å². The molecule has 0 aliphatic heterocycles. The van der Waals surface area contributed by atoms with Gasteiger partial charge in [0.1, 0.15) is 0 Å². The quantitative estimate of drug-likeness (QED) is 0.0771. The van der Waals surface area contributed by atoms with E-state index in [1.807, 2.05) is 0 Å². The Hall–Kier alpha value is -1.24. The zero-order valence-corrected chi connectivity index (χ0v) is 23.2. The van der Waals surface area contributed by atoms with Crippen molar-refractivity contribution in [3.05, 3.63) is 0 Å². The summed E-state index contributed by atoms with van der Waals surface area (Å²) in [5.74, 6) is 0.965. The largest absolute Gasteiger partial charge is 0.234 e. The molecule has 202 valence electrons. The highest BCUT2D eigenvalue weighted by Crippen LogP contribution is 2.50. The normalized spacial score (nSPS) is 19.7. The van der Waals surface area contributed by atoms with E-state index in [9.17, 15) is 9.59 Å². The second-order valence-electron chi connectivity index (χ2n) is 11.2. The van der Waals surface area contributed by atoms with E-state index in [2.05, 4.69) is 16.9 Å². The van der Waals surface area contributed by atoms with Gasteiger partial charge < -0.3 is 0 Å². The third-order valence-corrected chi connectivity index (χ3v) is 8.52. The maximum atomic E-state index is 10.1. The number of nitrogens with zero attached hydrogens (tertiary/aromatic N) is 2. The lowest BCUT2D eigenvalue weighted by atomic mass is 9.60. The van der Waals surface area contributed by atoms with Crippen LogP contribution in [0.5, 0.6) is 0 Å². The van der Waals surface area contributed by atoms with Crippen LogP contribution >= 0.6 is 0 Å². The van der Waals surface area contributed by atoms with Gasteiger partial charge in [-0.25, -0.2) is 19.6 Å². The molecule has 0 spiro atoms. The smallest absolute Gasteiger partial charge is 0.211 e. The van der Waals surface area contributed by atoms with Crippen LogP contribution < -0.4 is 0 Å². The van der Waals surface area contributed by atoms with Gasteiger partial charge in [0.05, 0.1) is 13.1 Å². The summed E-state index contributed by atoms with van der Waals surface area (Å²) in [5, 5.41) is 0. The molecule has 0 bridgehead atoms. The zero-order valence-electron chi connectivity index (χ0n) is 23.2.